The Morgan fingerprint density at radius 2 is 1.96 bits per heavy atom. The first-order valence-electron chi connectivity index (χ1n) is 8.18. The smallest absolute Gasteiger partial charge is 0.298 e. The molecule has 0 fully saturated rings. The van der Waals surface area contributed by atoms with Gasteiger partial charge in [0.2, 0.25) is 0 Å². The van der Waals surface area contributed by atoms with Crippen LogP contribution in [0.2, 0.25) is 0 Å². The number of aryl methyl sites for hydroxylation is 1. The lowest BCUT2D eigenvalue weighted by molar-refractivity contribution is 0.102. The fourth-order valence-electron chi connectivity index (χ4n) is 2.48. The molecule has 3 aromatic rings. The summed E-state index contributed by atoms with van der Waals surface area (Å²) in [6.45, 7) is 6.27. The van der Waals surface area contributed by atoms with E-state index in [-0.39, 0.29) is 11.5 Å². The number of fused-ring (bicyclic) bond motifs is 1. The Kier molecular flexibility index (Phi) is 4.87. The Morgan fingerprint density at radius 1 is 1.23 bits per heavy atom. The molecule has 0 unspecified atom stereocenters. The van der Waals surface area contributed by atoms with Crippen LogP contribution in [0.3, 0.4) is 0 Å². The van der Waals surface area contributed by atoms with Gasteiger partial charge in [-0.05, 0) is 39.0 Å². The molecule has 3 rings (SSSR count). The molecule has 2 aromatic heterocycles. The lowest BCUT2D eigenvalue weighted by Gasteiger charge is -2.12. The van der Waals surface area contributed by atoms with Gasteiger partial charge in [0, 0.05) is 5.56 Å². The van der Waals surface area contributed by atoms with E-state index in [9.17, 15) is 9.59 Å². The number of carbonyl (C=O) groups excluding carboxylic acids is 1. The van der Waals surface area contributed by atoms with Crippen LogP contribution in [0.4, 0.5) is 5.69 Å². The van der Waals surface area contributed by atoms with Crippen molar-refractivity contribution < 1.29 is 14.3 Å². The van der Waals surface area contributed by atoms with E-state index in [4.69, 9.17) is 9.47 Å². The number of carbonyl (C=O) groups is 1. The quantitative estimate of drug-likeness (QED) is 0.696. The summed E-state index contributed by atoms with van der Waals surface area (Å²) in [5, 5.41) is 5.28. The molecule has 0 saturated heterocycles. The Hall–Kier alpha value is -3.36. The molecule has 9 heteroatoms. The van der Waals surface area contributed by atoms with Crippen molar-refractivity contribution in [2.45, 2.75) is 20.8 Å². The van der Waals surface area contributed by atoms with Crippen molar-refractivity contribution in [3.8, 4) is 11.5 Å². The maximum Gasteiger partial charge on any atom is 0.298 e. The van der Waals surface area contributed by atoms with Gasteiger partial charge in [-0.15, -0.1) is 0 Å². The number of anilines is 1. The highest BCUT2D eigenvalue weighted by atomic mass is 16.5. The summed E-state index contributed by atoms with van der Waals surface area (Å²) in [5.41, 5.74) is 0.370. The summed E-state index contributed by atoms with van der Waals surface area (Å²) < 4.78 is 12.2. The van der Waals surface area contributed by atoms with Crippen LogP contribution in [0.15, 0.2) is 29.3 Å². The first-order valence-corrected chi connectivity index (χ1v) is 8.18. The minimum Gasteiger partial charge on any atom is -0.490 e. The van der Waals surface area contributed by atoms with E-state index >= 15 is 0 Å². The molecule has 0 spiro atoms. The summed E-state index contributed by atoms with van der Waals surface area (Å²) >= 11 is 0. The lowest BCUT2D eigenvalue weighted by Crippen LogP contribution is -2.25. The first-order chi connectivity index (χ1) is 12.5. The molecule has 0 aliphatic heterocycles. The number of hydrogen-bond acceptors (Lipinski definition) is 6. The SMILES string of the molecule is CCOc1ccc(C(=O)Nc2c(C)nc3nc[nH]n3c2=O)cc1OCC. The number of H-pyrrole nitrogens is 1. The minimum absolute atomic E-state index is 0.0867. The van der Waals surface area contributed by atoms with E-state index in [0.29, 0.717) is 36.0 Å². The molecule has 0 atom stereocenters. The van der Waals surface area contributed by atoms with Gasteiger partial charge in [0.1, 0.15) is 12.0 Å². The lowest BCUT2D eigenvalue weighted by atomic mass is 10.2. The molecule has 1 amide bonds. The zero-order chi connectivity index (χ0) is 18.7. The Morgan fingerprint density at radius 3 is 2.69 bits per heavy atom. The van der Waals surface area contributed by atoms with Crippen LogP contribution in [0.1, 0.15) is 29.9 Å². The number of nitrogens with one attached hydrogen (secondary N) is 2. The van der Waals surface area contributed by atoms with Crippen LogP contribution in [0.25, 0.3) is 5.78 Å². The number of benzene rings is 1. The zero-order valence-electron chi connectivity index (χ0n) is 14.7. The number of amides is 1. The third kappa shape index (κ3) is 3.23. The van der Waals surface area contributed by atoms with Gasteiger partial charge in [0.25, 0.3) is 17.2 Å². The van der Waals surface area contributed by atoms with Crippen LogP contribution >= 0.6 is 0 Å². The van der Waals surface area contributed by atoms with Gasteiger partial charge in [-0.25, -0.2) is 9.97 Å². The van der Waals surface area contributed by atoms with Gasteiger partial charge in [-0.2, -0.15) is 4.52 Å². The van der Waals surface area contributed by atoms with Crippen molar-refractivity contribution in [3.05, 3.63) is 46.1 Å². The molecular weight excluding hydrogens is 338 g/mol. The van der Waals surface area contributed by atoms with Gasteiger partial charge >= 0.3 is 0 Å². The van der Waals surface area contributed by atoms with Crippen LogP contribution in [-0.4, -0.2) is 38.7 Å². The monoisotopic (exact) mass is 357 g/mol. The molecule has 2 N–H and O–H groups in total. The van der Waals surface area contributed by atoms with E-state index in [0.717, 1.165) is 4.52 Å². The van der Waals surface area contributed by atoms with Crippen molar-refractivity contribution in [2.75, 3.05) is 18.5 Å². The van der Waals surface area contributed by atoms with Crippen LogP contribution < -0.4 is 20.3 Å². The maximum atomic E-state index is 12.6. The number of ether oxygens (including phenoxy) is 2. The molecule has 0 aliphatic rings. The van der Waals surface area contributed by atoms with Crippen molar-refractivity contribution in [3.63, 3.8) is 0 Å². The largest absolute Gasteiger partial charge is 0.490 e. The molecule has 26 heavy (non-hydrogen) atoms. The van der Waals surface area contributed by atoms with Gasteiger partial charge in [0.15, 0.2) is 11.5 Å². The van der Waals surface area contributed by atoms with Crippen LogP contribution in [0, 0.1) is 6.92 Å². The standard InChI is InChI=1S/C17H19N5O4/c1-4-25-12-7-6-11(8-13(12)26-5-2)15(23)21-14-10(3)20-17-18-9-19-22(17)16(14)24/h6-9H,4-5H2,1-3H3,(H,21,23)(H,18,19,20). The molecule has 1 aromatic carbocycles. The number of aromatic nitrogens is 4. The molecule has 9 nitrogen and oxygen atoms in total. The summed E-state index contributed by atoms with van der Waals surface area (Å²) in [6, 6.07) is 4.86. The van der Waals surface area contributed by atoms with E-state index in [1.807, 2.05) is 13.8 Å². The van der Waals surface area contributed by atoms with Gasteiger partial charge in [-0.1, -0.05) is 0 Å². The van der Waals surface area contributed by atoms with Crippen molar-refractivity contribution in [1.82, 2.24) is 19.6 Å². The summed E-state index contributed by atoms with van der Waals surface area (Å²) in [7, 11) is 0. The third-order valence-electron chi connectivity index (χ3n) is 3.66. The predicted molar refractivity (Wildman–Crippen MR) is 95.1 cm³/mol. The molecular formula is C17H19N5O4. The van der Waals surface area contributed by atoms with E-state index in [1.54, 1.807) is 25.1 Å². The molecule has 0 radical (unpaired) electrons. The Balaban J connectivity index is 1.93. The Bertz CT molecular complexity index is 1010. The zero-order valence-corrected chi connectivity index (χ0v) is 14.7. The van der Waals surface area contributed by atoms with Gasteiger partial charge < -0.3 is 14.8 Å². The van der Waals surface area contributed by atoms with E-state index < -0.39 is 11.5 Å². The molecule has 0 saturated carbocycles. The fraction of sp³-hybridized carbons (Fsp3) is 0.294. The Labute approximate surface area is 149 Å². The summed E-state index contributed by atoms with van der Waals surface area (Å²) in [6.07, 6.45) is 1.36. The van der Waals surface area contributed by atoms with Crippen molar-refractivity contribution in [2.24, 2.45) is 0 Å². The number of hydrogen-bond donors (Lipinski definition) is 2. The highest BCUT2D eigenvalue weighted by Crippen LogP contribution is 2.28. The van der Waals surface area contributed by atoms with Crippen LogP contribution in [-0.2, 0) is 0 Å². The first kappa shape index (κ1) is 17.5. The van der Waals surface area contributed by atoms with Crippen molar-refractivity contribution >= 4 is 17.4 Å². The van der Waals surface area contributed by atoms with Crippen molar-refractivity contribution in [1.29, 1.82) is 0 Å². The average Bonchev–Trinajstić information content (AvgIpc) is 3.08. The van der Waals surface area contributed by atoms with E-state index in [2.05, 4.69) is 20.4 Å². The summed E-state index contributed by atoms with van der Waals surface area (Å²) in [4.78, 5) is 33.2. The number of aromatic amines is 1. The molecule has 2 heterocycles. The van der Waals surface area contributed by atoms with Crippen LogP contribution in [0.5, 0.6) is 11.5 Å². The fourth-order valence-corrected chi connectivity index (χ4v) is 2.48. The van der Waals surface area contributed by atoms with Gasteiger partial charge in [-0.3, -0.25) is 14.7 Å². The predicted octanol–water partition coefficient (Wildman–Crippen LogP) is 1.78. The highest BCUT2D eigenvalue weighted by Gasteiger charge is 2.17. The summed E-state index contributed by atoms with van der Waals surface area (Å²) in [5.74, 6) is 0.820. The second-order valence-corrected chi connectivity index (χ2v) is 5.38. The average molecular weight is 357 g/mol. The molecule has 0 bridgehead atoms. The molecule has 0 aliphatic carbocycles. The third-order valence-corrected chi connectivity index (χ3v) is 3.66. The highest BCUT2D eigenvalue weighted by molar-refractivity contribution is 6.04. The maximum absolute atomic E-state index is 12.6. The minimum atomic E-state index is -0.449. The van der Waals surface area contributed by atoms with Gasteiger partial charge in [0.05, 0.1) is 18.9 Å². The normalized spacial score (nSPS) is 10.7. The second kappa shape index (κ2) is 7.26. The number of rotatable bonds is 6. The number of nitrogens with zero attached hydrogens (tertiary/aromatic N) is 3. The molecule has 136 valence electrons. The topological polar surface area (TPSA) is 111 Å². The van der Waals surface area contributed by atoms with E-state index in [1.165, 1.54) is 6.33 Å². The second-order valence-electron chi connectivity index (χ2n) is 5.38.